The molecule has 0 saturated heterocycles. The fraction of sp³-hybridized carbons (Fsp3) is 0.0769. The van der Waals surface area contributed by atoms with Gasteiger partial charge in [0, 0.05) is 16.6 Å². The number of carbonyl (C=O) groups excluding carboxylic acids is 1. The molecule has 34 heavy (non-hydrogen) atoms. The molecule has 3 aromatic carbocycles. The summed E-state index contributed by atoms with van der Waals surface area (Å²) >= 11 is 12.0. The monoisotopic (exact) mass is 604 g/mol. The van der Waals surface area contributed by atoms with Crippen molar-refractivity contribution in [2.24, 2.45) is 4.99 Å². The van der Waals surface area contributed by atoms with E-state index in [1.54, 1.807) is 41.4 Å². The number of benzene rings is 3. The summed E-state index contributed by atoms with van der Waals surface area (Å²) < 4.78 is 0. The van der Waals surface area contributed by atoms with E-state index < -0.39 is 0 Å². The lowest BCUT2D eigenvalue weighted by atomic mass is 10.1. The van der Waals surface area contributed by atoms with Crippen molar-refractivity contribution < 1.29 is 4.79 Å². The smallest absolute Gasteiger partial charge is 0.218 e. The van der Waals surface area contributed by atoms with Crippen LogP contribution in [0.2, 0.25) is 10.0 Å². The van der Waals surface area contributed by atoms with Crippen molar-refractivity contribution in [1.82, 2.24) is 10.7 Å². The number of guanidine groups is 1. The Morgan fingerprint density at radius 1 is 0.912 bits per heavy atom. The van der Waals surface area contributed by atoms with Gasteiger partial charge in [0.1, 0.15) is 5.70 Å². The Labute approximate surface area is 226 Å². The standard InChI is InChI=1S/C26H22Cl2N4O.HI/c27-21-11-6-19(7-12-21)10-15-25(33)24(18-20-8-13-22(28)14-9-20)31-32(26-29-16-17-30-26)23-4-2-1-3-5-23;/h1-15,18,31H,16-17H2,(H,29,30);1H. The Hall–Kier alpha value is -2.81. The summed E-state index contributed by atoms with van der Waals surface area (Å²) in [6, 6.07) is 24.3. The highest BCUT2D eigenvalue weighted by molar-refractivity contribution is 14.0. The quantitative estimate of drug-likeness (QED) is 0.191. The summed E-state index contributed by atoms with van der Waals surface area (Å²) in [7, 11) is 0. The first kappa shape index (κ1) is 25.8. The topological polar surface area (TPSA) is 56.7 Å². The Morgan fingerprint density at radius 2 is 1.53 bits per heavy atom. The lowest BCUT2D eigenvalue weighted by Crippen LogP contribution is -2.48. The molecule has 1 aliphatic rings. The van der Waals surface area contributed by atoms with Crippen LogP contribution in [-0.2, 0) is 4.79 Å². The minimum atomic E-state index is -0.195. The van der Waals surface area contributed by atoms with Crippen LogP contribution in [0, 0.1) is 0 Å². The van der Waals surface area contributed by atoms with Gasteiger partial charge in [-0.1, -0.05) is 71.7 Å². The van der Waals surface area contributed by atoms with Crippen LogP contribution in [0.5, 0.6) is 0 Å². The van der Waals surface area contributed by atoms with Crippen molar-refractivity contribution in [2.45, 2.75) is 0 Å². The predicted molar refractivity (Wildman–Crippen MR) is 153 cm³/mol. The summed E-state index contributed by atoms with van der Waals surface area (Å²) in [5.74, 6) is 0.456. The van der Waals surface area contributed by atoms with Gasteiger partial charge in [0.25, 0.3) is 0 Å². The molecule has 0 radical (unpaired) electrons. The highest BCUT2D eigenvalue weighted by Gasteiger charge is 2.19. The summed E-state index contributed by atoms with van der Waals surface area (Å²) in [6.45, 7) is 1.40. The van der Waals surface area contributed by atoms with Crippen molar-refractivity contribution >= 4 is 76.8 Å². The molecule has 4 rings (SSSR count). The molecule has 0 spiro atoms. The van der Waals surface area contributed by atoms with Gasteiger partial charge in [-0.2, -0.15) is 0 Å². The SMILES string of the molecule is I.O=C(C=Cc1ccc(Cl)cc1)C(=Cc1ccc(Cl)cc1)NN(C1=NCCN1)c1ccccc1. The number of nitrogens with one attached hydrogen (secondary N) is 2. The van der Waals surface area contributed by atoms with Crippen LogP contribution in [-0.4, -0.2) is 24.8 Å². The van der Waals surface area contributed by atoms with E-state index in [0.29, 0.717) is 28.2 Å². The van der Waals surface area contributed by atoms with Crippen LogP contribution in [0.3, 0.4) is 0 Å². The van der Waals surface area contributed by atoms with Crippen molar-refractivity contribution in [2.75, 3.05) is 18.1 Å². The van der Waals surface area contributed by atoms with E-state index in [2.05, 4.69) is 15.7 Å². The maximum absolute atomic E-state index is 13.3. The van der Waals surface area contributed by atoms with Gasteiger partial charge in [-0.05, 0) is 59.7 Å². The molecule has 0 bridgehead atoms. The number of hydrazine groups is 1. The second kappa shape index (κ2) is 12.6. The van der Waals surface area contributed by atoms with Crippen LogP contribution < -0.4 is 15.8 Å². The molecule has 0 aromatic heterocycles. The average Bonchev–Trinajstić information content (AvgIpc) is 3.37. The van der Waals surface area contributed by atoms with Crippen molar-refractivity contribution in [1.29, 1.82) is 0 Å². The van der Waals surface area contributed by atoms with Gasteiger partial charge in [0.2, 0.25) is 11.7 Å². The number of aliphatic imine (C=N–C) groups is 1. The van der Waals surface area contributed by atoms with E-state index in [-0.39, 0.29) is 29.8 Å². The summed E-state index contributed by atoms with van der Waals surface area (Å²) in [4.78, 5) is 17.8. The summed E-state index contributed by atoms with van der Waals surface area (Å²) in [6.07, 6.45) is 5.08. The minimum absolute atomic E-state index is 0. The molecule has 1 heterocycles. The first-order valence-corrected chi connectivity index (χ1v) is 11.2. The number of hydrogen-bond acceptors (Lipinski definition) is 5. The molecule has 0 fully saturated rings. The first-order chi connectivity index (χ1) is 16.1. The van der Waals surface area contributed by atoms with Crippen LogP contribution in [0.1, 0.15) is 11.1 Å². The van der Waals surface area contributed by atoms with Gasteiger partial charge in [0.05, 0.1) is 12.2 Å². The van der Waals surface area contributed by atoms with Gasteiger partial charge in [-0.3, -0.25) is 10.2 Å². The number of para-hydroxylation sites is 1. The average molecular weight is 605 g/mol. The third-order valence-electron chi connectivity index (χ3n) is 4.86. The van der Waals surface area contributed by atoms with Gasteiger partial charge < -0.3 is 5.32 Å². The Balaban J connectivity index is 0.00000324. The number of carbonyl (C=O) groups is 1. The maximum Gasteiger partial charge on any atom is 0.218 e. The zero-order valence-corrected chi connectivity index (χ0v) is 22.0. The third kappa shape index (κ3) is 7.09. The van der Waals surface area contributed by atoms with Gasteiger partial charge in [-0.25, -0.2) is 10.0 Å². The summed E-state index contributed by atoms with van der Waals surface area (Å²) in [5.41, 5.74) is 6.21. The zero-order valence-electron chi connectivity index (χ0n) is 18.1. The Bertz CT molecular complexity index is 1190. The van der Waals surface area contributed by atoms with Crippen LogP contribution in [0.25, 0.3) is 12.2 Å². The van der Waals surface area contributed by atoms with Crippen LogP contribution in [0.4, 0.5) is 5.69 Å². The molecule has 174 valence electrons. The van der Waals surface area contributed by atoms with Crippen LogP contribution in [0.15, 0.2) is 95.6 Å². The predicted octanol–water partition coefficient (Wildman–Crippen LogP) is 6.21. The molecule has 3 aromatic rings. The second-order valence-corrected chi connectivity index (χ2v) is 8.15. The Morgan fingerprint density at radius 3 is 2.12 bits per heavy atom. The fourth-order valence-electron chi connectivity index (χ4n) is 3.19. The lowest BCUT2D eigenvalue weighted by Gasteiger charge is -2.26. The molecule has 1 aliphatic heterocycles. The molecule has 0 saturated carbocycles. The molecule has 0 amide bonds. The fourth-order valence-corrected chi connectivity index (χ4v) is 3.44. The number of nitrogens with zero attached hydrogens (tertiary/aromatic N) is 2. The number of ketones is 1. The summed E-state index contributed by atoms with van der Waals surface area (Å²) in [5, 5.41) is 6.32. The molecule has 0 aliphatic carbocycles. The lowest BCUT2D eigenvalue weighted by molar-refractivity contribution is -0.111. The molecule has 0 unspecified atom stereocenters. The normalized spacial score (nSPS) is 13.1. The molecular formula is C26H23Cl2IN4O. The molecule has 0 atom stereocenters. The van der Waals surface area contributed by atoms with Crippen molar-refractivity contribution in [3.8, 4) is 0 Å². The maximum atomic E-state index is 13.3. The Kier molecular flexibility index (Phi) is 9.56. The number of halogens is 3. The molecule has 2 N–H and O–H groups in total. The number of allylic oxidation sites excluding steroid dienone is 1. The largest absolute Gasteiger partial charge is 0.353 e. The number of rotatable bonds is 7. The van der Waals surface area contributed by atoms with E-state index in [9.17, 15) is 4.79 Å². The zero-order chi connectivity index (χ0) is 23.0. The van der Waals surface area contributed by atoms with Gasteiger partial charge >= 0.3 is 0 Å². The van der Waals surface area contributed by atoms with Crippen LogP contribution >= 0.6 is 47.2 Å². The van der Waals surface area contributed by atoms with E-state index in [0.717, 1.165) is 23.4 Å². The van der Waals surface area contributed by atoms with E-state index >= 15 is 0 Å². The number of hydrogen-bond donors (Lipinski definition) is 2. The second-order valence-electron chi connectivity index (χ2n) is 7.27. The molecule has 8 heteroatoms. The van der Waals surface area contributed by atoms with Gasteiger partial charge in [-0.15, -0.1) is 24.0 Å². The minimum Gasteiger partial charge on any atom is -0.353 e. The van der Waals surface area contributed by atoms with Crippen molar-refractivity contribution in [3.05, 3.63) is 112 Å². The molecular weight excluding hydrogens is 582 g/mol. The third-order valence-corrected chi connectivity index (χ3v) is 5.36. The highest BCUT2D eigenvalue weighted by Crippen LogP contribution is 2.17. The first-order valence-electron chi connectivity index (χ1n) is 10.4. The van der Waals surface area contributed by atoms with E-state index in [1.165, 1.54) is 6.08 Å². The number of anilines is 1. The van der Waals surface area contributed by atoms with E-state index in [1.807, 2.05) is 54.6 Å². The highest BCUT2D eigenvalue weighted by atomic mass is 127. The van der Waals surface area contributed by atoms with E-state index in [4.69, 9.17) is 23.2 Å². The van der Waals surface area contributed by atoms with Gasteiger partial charge in [0.15, 0.2) is 0 Å². The molecule has 5 nitrogen and oxygen atoms in total. The van der Waals surface area contributed by atoms with Crippen molar-refractivity contribution in [3.63, 3.8) is 0 Å².